The molecule has 56 heavy (non-hydrogen) atoms. The van der Waals surface area contributed by atoms with Crippen LogP contribution in [0.4, 0.5) is 0 Å². The van der Waals surface area contributed by atoms with Gasteiger partial charge >= 0.3 is 0 Å². The molecular formula is C42H69N7O6S. The van der Waals surface area contributed by atoms with Crippen molar-refractivity contribution in [3.63, 3.8) is 0 Å². The van der Waals surface area contributed by atoms with Gasteiger partial charge in [0.05, 0.1) is 42.7 Å². The van der Waals surface area contributed by atoms with Gasteiger partial charge in [0.15, 0.2) is 0 Å². The number of nitrogens with two attached hydrogens (primary N) is 1. The Balaban J connectivity index is 1.79. The van der Waals surface area contributed by atoms with Gasteiger partial charge in [0.1, 0.15) is 17.1 Å². The second-order valence-electron chi connectivity index (χ2n) is 16.1. The van der Waals surface area contributed by atoms with Gasteiger partial charge in [-0.2, -0.15) is 0 Å². The van der Waals surface area contributed by atoms with Crippen LogP contribution in [0.15, 0.2) is 47.5 Å². The van der Waals surface area contributed by atoms with Crippen LogP contribution in [-0.2, 0) is 28.7 Å². The van der Waals surface area contributed by atoms with Crippen LogP contribution in [0.1, 0.15) is 91.1 Å². The SMILES string of the molecule is C=C(C)[C@@H](C(=O)N[C@H](C(=O)N(C)[C@@H]([C@@H](C)CC)[C@@H](CC(=O)N1CCC[C@H]1[C@H](OC)[C@@H](C)C(=O)N[C@@H](CC1=CC(C)CC=C1)c1nccs1)OC)[C@H](C)N)N(C)C. The molecule has 314 valence electrons. The van der Waals surface area contributed by atoms with Crippen LogP contribution in [0.5, 0.6) is 0 Å². The van der Waals surface area contributed by atoms with E-state index in [0.717, 1.165) is 17.8 Å². The van der Waals surface area contributed by atoms with Gasteiger partial charge in [-0.25, -0.2) is 4.98 Å². The molecule has 0 saturated carbocycles. The average Bonchev–Trinajstić information content (AvgIpc) is 3.86. The Hall–Kier alpha value is -3.43. The maximum Gasteiger partial charge on any atom is 0.246 e. The Kier molecular flexibility index (Phi) is 18.4. The van der Waals surface area contributed by atoms with Crippen LogP contribution in [0, 0.1) is 17.8 Å². The Bertz CT molecular complexity index is 1530. The Morgan fingerprint density at radius 2 is 1.80 bits per heavy atom. The van der Waals surface area contributed by atoms with Crippen LogP contribution in [0.3, 0.4) is 0 Å². The first-order valence-corrected chi connectivity index (χ1v) is 20.9. The summed E-state index contributed by atoms with van der Waals surface area (Å²) >= 11 is 1.52. The second kappa shape index (κ2) is 21.9. The van der Waals surface area contributed by atoms with Gasteiger partial charge in [0.2, 0.25) is 23.6 Å². The van der Waals surface area contributed by atoms with Crippen molar-refractivity contribution in [2.45, 2.75) is 129 Å². The lowest BCUT2D eigenvalue weighted by Gasteiger charge is -2.41. The van der Waals surface area contributed by atoms with E-state index in [-0.39, 0.29) is 48.1 Å². The summed E-state index contributed by atoms with van der Waals surface area (Å²) in [7, 11) is 8.37. The summed E-state index contributed by atoms with van der Waals surface area (Å²) in [6, 6.07) is -3.47. The number of carbonyl (C=O) groups is 4. The Morgan fingerprint density at radius 1 is 1.11 bits per heavy atom. The summed E-state index contributed by atoms with van der Waals surface area (Å²) in [6.07, 6.45) is 10.9. The van der Waals surface area contributed by atoms with E-state index < -0.39 is 42.3 Å². The van der Waals surface area contributed by atoms with E-state index in [1.165, 1.54) is 16.9 Å². The number of thiazole rings is 1. The van der Waals surface area contributed by atoms with E-state index in [1.54, 1.807) is 65.2 Å². The molecule has 1 unspecified atom stereocenters. The number of carbonyl (C=O) groups excluding carboxylic acids is 4. The molecule has 13 nitrogen and oxygen atoms in total. The van der Waals surface area contributed by atoms with Crippen molar-refractivity contribution in [2.75, 3.05) is 41.9 Å². The molecule has 1 aliphatic carbocycles. The maximum absolute atomic E-state index is 14.3. The Labute approximate surface area is 339 Å². The summed E-state index contributed by atoms with van der Waals surface area (Å²) in [5.41, 5.74) is 8.12. The van der Waals surface area contributed by atoms with Crippen molar-refractivity contribution in [2.24, 2.45) is 23.5 Å². The number of likely N-dealkylation sites (N-methyl/N-ethyl adjacent to an activating group) is 2. The number of rotatable bonds is 21. The number of nitrogens with zero attached hydrogens (tertiary/aromatic N) is 4. The van der Waals surface area contributed by atoms with E-state index in [9.17, 15) is 19.2 Å². The second-order valence-corrected chi connectivity index (χ2v) is 17.1. The molecule has 4 amide bonds. The number of methoxy groups -OCH3 is 2. The zero-order valence-electron chi connectivity index (χ0n) is 35.6. The smallest absolute Gasteiger partial charge is 0.246 e. The zero-order chi connectivity index (χ0) is 41.9. The number of aromatic nitrogens is 1. The fourth-order valence-electron chi connectivity index (χ4n) is 8.28. The summed E-state index contributed by atoms with van der Waals surface area (Å²) in [5, 5.41) is 8.89. The highest BCUT2D eigenvalue weighted by Crippen LogP contribution is 2.32. The third-order valence-corrected chi connectivity index (χ3v) is 12.3. The third-order valence-electron chi connectivity index (χ3n) is 11.4. The number of nitrogens with one attached hydrogen (secondary N) is 2. The van der Waals surface area contributed by atoms with Gasteiger partial charge in [-0.05, 0) is 71.0 Å². The van der Waals surface area contributed by atoms with E-state index in [1.807, 2.05) is 31.1 Å². The minimum atomic E-state index is -1.01. The summed E-state index contributed by atoms with van der Waals surface area (Å²) in [4.78, 5) is 65.5. The highest BCUT2D eigenvalue weighted by Gasteiger charge is 2.43. The van der Waals surface area contributed by atoms with Crippen LogP contribution in [0.2, 0.25) is 0 Å². The molecule has 2 heterocycles. The summed E-state index contributed by atoms with van der Waals surface area (Å²) in [6.45, 7) is 16.0. The highest BCUT2D eigenvalue weighted by molar-refractivity contribution is 7.09. The molecule has 1 saturated heterocycles. The molecule has 0 radical (unpaired) electrons. The molecule has 1 aromatic heterocycles. The first-order valence-electron chi connectivity index (χ1n) is 20.0. The summed E-state index contributed by atoms with van der Waals surface area (Å²) < 4.78 is 12.1. The van der Waals surface area contributed by atoms with Gasteiger partial charge in [-0.3, -0.25) is 24.1 Å². The molecule has 14 heteroatoms. The fraction of sp³-hybridized carbons (Fsp3) is 0.690. The summed E-state index contributed by atoms with van der Waals surface area (Å²) in [5.74, 6) is -1.22. The van der Waals surface area contributed by atoms with Gasteiger partial charge in [-0.1, -0.05) is 64.5 Å². The molecule has 11 atom stereocenters. The van der Waals surface area contributed by atoms with Crippen molar-refractivity contribution in [1.82, 2.24) is 30.3 Å². The quantitative estimate of drug-likeness (QED) is 0.153. The number of likely N-dealkylation sites (tertiary alicyclic amines) is 1. The monoisotopic (exact) mass is 800 g/mol. The van der Waals surface area contributed by atoms with E-state index >= 15 is 0 Å². The van der Waals surface area contributed by atoms with E-state index in [0.29, 0.717) is 37.3 Å². The zero-order valence-corrected chi connectivity index (χ0v) is 36.4. The molecule has 0 aromatic carbocycles. The predicted octanol–water partition coefficient (Wildman–Crippen LogP) is 4.47. The fourth-order valence-corrected chi connectivity index (χ4v) is 8.97. The minimum Gasteiger partial charge on any atom is -0.379 e. The normalized spacial score (nSPS) is 21.9. The van der Waals surface area contributed by atoms with Gasteiger partial charge in [0, 0.05) is 45.4 Å². The molecule has 1 fully saturated rings. The van der Waals surface area contributed by atoms with Crippen molar-refractivity contribution in [3.8, 4) is 0 Å². The molecular weight excluding hydrogens is 731 g/mol. The van der Waals surface area contributed by atoms with Gasteiger partial charge in [-0.15, -0.1) is 11.3 Å². The van der Waals surface area contributed by atoms with Crippen LogP contribution in [0.25, 0.3) is 0 Å². The van der Waals surface area contributed by atoms with Gasteiger partial charge in [0.25, 0.3) is 0 Å². The van der Waals surface area contributed by atoms with Crippen molar-refractivity contribution < 1.29 is 28.7 Å². The molecule has 1 aliphatic heterocycles. The van der Waals surface area contributed by atoms with Crippen LogP contribution in [-0.4, -0.2) is 128 Å². The van der Waals surface area contributed by atoms with Crippen molar-refractivity contribution in [1.29, 1.82) is 0 Å². The number of hydrogen-bond donors (Lipinski definition) is 3. The van der Waals surface area contributed by atoms with Crippen molar-refractivity contribution >= 4 is 35.0 Å². The van der Waals surface area contributed by atoms with E-state index in [4.69, 9.17) is 15.2 Å². The molecule has 2 aliphatic rings. The maximum atomic E-state index is 14.3. The van der Waals surface area contributed by atoms with Crippen LogP contribution >= 0.6 is 11.3 Å². The molecule has 0 spiro atoms. The Morgan fingerprint density at radius 3 is 2.34 bits per heavy atom. The molecule has 1 aromatic rings. The molecule has 0 bridgehead atoms. The third kappa shape index (κ3) is 12.0. The lowest BCUT2D eigenvalue weighted by molar-refractivity contribution is -0.147. The lowest BCUT2D eigenvalue weighted by Crippen LogP contribution is -2.62. The van der Waals surface area contributed by atoms with Gasteiger partial charge < -0.3 is 35.6 Å². The minimum absolute atomic E-state index is 0.0113. The number of hydrogen-bond acceptors (Lipinski definition) is 10. The first kappa shape index (κ1) is 46.9. The largest absolute Gasteiger partial charge is 0.379 e. The highest BCUT2D eigenvalue weighted by atomic mass is 32.1. The first-order chi connectivity index (χ1) is 26.5. The number of amides is 4. The van der Waals surface area contributed by atoms with E-state index in [2.05, 4.69) is 47.3 Å². The molecule has 4 N–H and O–H groups in total. The number of ether oxygens (including phenoxy) is 2. The average molecular weight is 800 g/mol. The van der Waals surface area contributed by atoms with Crippen molar-refractivity contribution in [3.05, 3.63) is 52.5 Å². The number of allylic oxidation sites excluding steroid dienone is 3. The predicted molar refractivity (Wildman–Crippen MR) is 223 cm³/mol. The molecule has 3 rings (SSSR count). The van der Waals surface area contributed by atoms with Crippen LogP contribution < -0.4 is 16.4 Å². The lowest BCUT2D eigenvalue weighted by atomic mass is 9.89. The standard InChI is InChI=1S/C42H69N7O6S/c1-13-27(5)37(48(10)42(53)35(29(7)43)46-40(52)36(25(2)3)47(8)9)33(54-11)24-34(50)49-20-15-18-32(49)38(55-12)28(6)39(51)45-31(41-44-19-21-56-41)23-30-17-14-16-26(4)22-30/h14,17,19,21-22,26-29,31-33,35-38H,2,13,15-16,18,20,23-24,43H2,1,3-12H3,(H,45,51)(H,46,52)/t26?,27-,28+,29-,31-,32-,33+,35-,36-,37-,38+/m0/s1. The topological polar surface area (TPSA) is 159 Å².